The molecule has 0 aromatic rings. The summed E-state index contributed by atoms with van der Waals surface area (Å²) < 4.78 is 5.72. The van der Waals surface area contributed by atoms with E-state index in [4.69, 9.17) is 4.74 Å². The number of methoxy groups -OCH3 is 1. The van der Waals surface area contributed by atoms with Crippen LogP contribution < -0.4 is 0 Å². The van der Waals surface area contributed by atoms with Gasteiger partial charge < -0.3 is 9.64 Å². The molecule has 0 N–H and O–H groups in total. The van der Waals surface area contributed by atoms with Gasteiger partial charge >= 0.3 is 0 Å². The zero-order valence-corrected chi connectivity index (χ0v) is 16.8. The summed E-state index contributed by atoms with van der Waals surface area (Å²) in [6.07, 6.45) is 14.4. The van der Waals surface area contributed by atoms with E-state index in [-0.39, 0.29) is 0 Å². The van der Waals surface area contributed by atoms with Crippen molar-refractivity contribution in [1.82, 2.24) is 4.90 Å². The van der Waals surface area contributed by atoms with E-state index in [1.165, 1.54) is 57.9 Å². The van der Waals surface area contributed by atoms with E-state index in [1.807, 2.05) is 7.11 Å². The second-order valence-electron chi connectivity index (χ2n) is 10.5. The maximum absolute atomic E-state index is 5.72. The van der Waals surface area contributed by atoms with Crippen molar-refractivity contribution in [3.8, 4) is 0 Å². The van der Waals surface area contributed by atoms with Gasteiger partial charge in [-0.25, -0.2) is 0 Å². The van der Waals surface area contributed by atoms with Crippen molar-refractivity contribution >= 4 is 0 Å². The van der Waals surface area contributed by atoms with Crippen molar-refractivity contribution in [3.05, 3.63) is 11.6 Å². The number of hydrogen-bond donors (Lipinski definition) is 0. The number of nitrogens with zero attached hydrogens (tertiary/aromatic N) is 1. The van der Waals surface area contributed by atoms with Crippen molar-refractivity contribution in [2.24, 2.45) is 34.5 Å². The van der Waals surface area contributed by atoms with Gasteiger partial charge in [-0.3, -0.25) is 0 Å². The van der Waals surface area contributed by atoms with Crippen molar-refractivity contribution < 1.29 is 4.74 Å². The first-order valence-electron chi connectivity index (χ1n) is 10.9. The lowest BCUT2D eigenvalue weighted by molar-refractivity contribution is -0.0514. The molecule has 0 radical (unpaired) electrons. The Labute approximate surface area is 154 Å². The monoisotopic (exact) mass is 343 g/mol. The quantitative estimate of drug-likeness (QED) is 0.628. The minimum atomic E-state index is 0.478. The molecule has 2 heteroatoms. The van der Waals surface area contributed by atoms with Gasteiger partial charge in [0, 0.05) is 19.7 Å². The van der Waals surface area contributed by atoms with Crippen LogP contribution in [0, 0.1) is 34.5 Å². The average Bonchev–Trinajstić information content (AvgIpc) is 3.09. The lowest BCUT2D eigenvalue weighted by Crippen LogP contribution is -2.51. The fourth-order valence-electron chi connectivity index (χ4n) is 8.63. The Bertz CT molecular complexity index is 585. The second-order valence-corrected chi connectivity index (χ2v) is 10.5. The molecule has 2 nitrogen and oxygen atoms in total. The van der Waals surface area contributed by atoms with Gasteiger partial charge in [0.25, 0.3) is 0 Å². The summed E-state index contributed by atoms with van der Waals surface area (Å²) in [6.45, 7) is 6.50. The van der Waals surface area contributed by atoms with Crippen LogP contribution >= 0.6 is 0 Å². The summed E-state index contributed by atoms with van der Waals surface area (Å²) in [6, 6.07) is 0.809. The number of ether oxygens (including phenoxy) is 1. The van der Waals surface area contributed by atoms with Crippen LogP contribution in [-0.2, 0) is 4.74 Å². The topological polar surface area (TPSA) is 12.5 Å². The third kappa shape index (κ3) is 2.10. The van der Waals surface area contributed by atoms with E-state index < -0.39 is 0 Å². The van der Waals surface area contributed by atoms with Crippen LogP contribution in [-0.4, -0.2) is 37.7 Å². The fourth-order valence-corrected chi connectivity index (χ4v) is 8.63. The largest absolute Gasteiger partial charge is 0.381 e. The molecule has 8 atom stereocenters. The summed E-state index contributed by atoms with van der Waals surface area (Å²) in [5, 5.41) is 0. The zero-order valence-electron chi connectivity index (χ0n) is 16.8. The summed E-state index contributed by atoms with van der Waals surface area (Å²) in [4.78, 5) is 2.69. The highest BCUT2D eigenvalue weighted by atomic mass is 16.5. The molecule has 140 valence electrons. The fraction of sp³-hybridized carbons (Fsp3) is 0.913. The van der Waals surface area contributed by atoms with E-state index in [0.717, 1.165) is 29.7 Å². The molecular weight excluding hydrogens is 306 g/mol. The van der Waals surface area contributed by atoms with Crippen LogP contribution in [0.1, 0.15) is 65.2 Å². The lowest BCUT2D eigenvalue weighted by atomic mass is 9.47. The highest BCUT2D eigenvalue weighted by Gasteiger charge is 2.63. The first kappa shape index (κ1) is 16.8. The van der Waals surface area contributed by atoms with Gasteiger partial charge in [-0.05, 0) is 99.8 Å². The Morgan fingerprint density at radius 1 is 1.08 bits per heavy atom. The summed E-state index contributed by atoms with van der Waals surface area (Å²) in [7, 11) is 4.29. The molecule has 1 saturated heterocycles. The van der Waals surface area contributed by atoms with Crippen LogP contribution in [0.25, 0.3) is 0 Å². The predicted octanol–water partition coefficient (Wildman–Crippen LogP) is 4.89. The smallest absolute Gasteiger partial charge is 0.0608 e. The van der Waals surface area contributed by atoms with Crippen LogP contribution in [0.2, 0.25) is 0 Å². The summed E-state index contributed by atoms with van der Waals surface area (Å²) in [5.74, 6) is 3.88. The van der Waals surface area contributed by atoms with E-state index in [9.17, 15) is 0 Å². The maximum atomic E-state index is 5.72. The summed E-state index contributed by atoms with van der Waals surface area (Å²) in [5.41, 5.74) is 2.91. The Morgan fingerprint density at radius 3 is 2.68 bits per heavy atom. The Kier molecular flexibility index (Phi) is 3.75. The standard InChI is InChI=1S/C23H37NO/c1-15-19-7-8-21-18-6-5-16-13-17(25-4)9-11-22(16,2)20(18)10-12-23(19,21)14-24(15)3/h5,15,17-21H,6-14H2,1-4H3. The molecule has 1 spiro atoms. The second kappa shape index (κ2) is 5.58. The van der Waals surface area contributed by atoms with Crippen LogP contribution in [0.15, 0.2) is 11.6 Å². The Morgan fingerprint density at radius 2 is 1.88 bits per heavy atom. The van der Waals surface area contributed by atoms with Gasteiger partial charge in [0.15, 0.2) is 0 Å². The van der Waals surface area contributed by atoms with Crippen LogP contribution in [0.3, 0.4) is 0 Å². The average molecular weight is 344 g/mol. The molecule has 5 aliphatic rings. The minimum Gasteiger partial charge on any atom is -0.381 e. The van der Waals surface area contributed by atoms with Gasteiger partial charge in [0.05, 0.1) is 6.10 Å². The highest BCUT2D eigenvalue weighted by Crippen LogP contribution is 2.68. The summed E-state index contributed by atoms with van der Waals surface area (Å²) >= 11 is 0. The van der Waals surface area contributed by atoms with Gasteiger partial charge in [-0.2, -0.15) is 0 Å². The molecule has 4 fully saturated rings. The van der Waals surface area contributed by atoms with Crippen molar-refractivity contribution in [2.45, 2.75) is 77.4 Å². The first-order chi connectivity index (χ1) is 12.0. The molecule has 4 aliphatic carbocycles. The minimum absolute atomic E-state index is 0.478. The number of hydrogen-bond acceptors (Lipinski definition) is 2. The van der Waals surface area contributed by atoms with Crippen molar-refractivity contribution in [2.75, 3.05) is 20.7 Å². The molecule has 3 saturated carbocycles. The third-order valence-corrected chi connectivity index (χ3v) is 10.00. The van der Waals surface area contributed by atoms with E-state index in [0.29, 0.717) is 16.9 Å². The zero-order chi connectivity index (χ0) is 17.4. The Hall–Kier alpha value is -0.340. The lowest BCUT2D eigenvalue weighted by Gasteiger charge is -2.58. The molecule has 0 aromatic heterocycles. The van der Waals surface area contributed by atoms with Gasteiger partial charge in [-0.1, -0.05) is 18.6 Å². The number of rotatable bonds is 1. The molecule has 25 heavy (non-hydrogen) atoms. The van der Waals surface area contributed by atoms with Gasteiger partial charge in [0.1, 0.15) is 0 Å². The molecule has 0 aromatic carbocycles. The van der Waals surface area contributed by atoms with Crippen LogP contribution in [0.5, 0.6) is 0 Å². The highest BCUT2D eigenvalue weighted by molar-refractivity contribution is 5.26. The van der Waals surface area contributed by atoms with E-state index in [1.54, 1.807) is 5.57 Å². The molecule has 8 unspecified atom stereocenters. The molecular formula is C23H37NO. The first-order valence-corrected chi connectivity index (χ1v) is 10.9. The number of allylic oxidation sites excluding steroid dienone is 1. The van der Waals surface area contributed by atoms with Gasteiger partial charge in [-0.15, -0.1) is 0 Å². The molecule has 0 bridgehead atoms. The van der Waals surface area contributed by atoms with E-state index in [2.05, 4.69) is 31.9 Å². The maximum Gasteiger partial charge on any atom is 0.0608 e. The molecule has 1 heterocycles. The van der Waals surface area contributed by atoms with E-state index >= 15 is 0 Å². The third-order valence-electron chi connectivity index (χ3n) is 10.00. The van der Waals surface area contributed by atoms with Gasteiger partial charge in [0.2, 0.25) is 0 Å². The molecule has 5 rings (SSSR count). The normalized spacial score (nSPS) is 55.1. The van der Waals surface area contributed by atoms with Crippen molar-refractivity contribution in [3.63, 3.8) is 0 Å². The van der Waals surface area contributed by atoms with Crippen molar-refractivity contribution in [1.29, 1.82) is 0 Å². The number of fused-ring (bicyclic) bond motifs is 4. The molecule has 1 aliphatic heterocycles. The SMILES string of the molecule is COC1CCC2(C)C(=CCC3C2CCC24CN(C)C(C)C2CCC34)C1. The van der Waals surface area contributed by atoms with Crippen LogP contribution in [0.4, 0.5) is 0 Å². The predicted molar refractivity (Wildman–Crippen MR) is 102 cm³/mol. The number of likely N-dealkylation sites (tertiary alicyclic amines) is 1. The Balaban J connectivity index is 1.47. The molecule has 0 amide bonds.